The predicted molar refractivity (Wildman–Crippen MR) is 74.1 cm³/mol. The summed E-state index contributed by atoms with van der Waals surface area (Å²) in [6.45, 7) is 0. The van der Waals surface area contributed by atoms with Gasteiger partial charge in [0.25, 0.3) is 5.56 Å². The highest BCUT2D eigenvalue weighted by atomic mass is 35.5. The highest BCUT2D eigenvalue weighted by Gasteiger charge is 2.26. The number of aromatic nitrogens is 1. The van der Waals surface area contributed by atoms with E-state index in [-0.39, 0.29) is 17.2 Å². The summed E-state index contributed by atoms with van der Waals surface area (Å²) in [6, 6.07) is 11.3. The van der Waals surface area contributed by atoms with Gasteiger partial charge in [0.05, 0.1) is 0 Å². The van der Waals surface area contributed by atoms with E-state index in [1.807, 2.05) is 24.3 Å². The van der Waals surface area contributed by atoms with Crippen molar-refractivity contribution in [2.75, 3.05) is 0 Å². The Balaban J connectivity index is 2.23. The van der Waals surface area contributed by atoms with Gasteiger partial charge in [-0.05, 0) is 25.0 Å². The Hall–Kier alpha value is -2.05. The molecule has 4 heteroatoms. The van der Waals surface area contributed by atoms with Gasteiger partial charge in [0.1, 0.15) is 11.6 Å². The standard InChI is InChI=1S/C15H11ClN2O/c16-14-4-2-1-3-12(14)11-7-8-18(10-5-6-10)15(19)13(11)9-17/h1-4,7-8,10H,5-6H2. The molecule has 1 saturated carbocycles. The van der Waals surface area contributed by atoms with Crippen LogP contribution in [0.3, 0.4) is 0 Å². The van der Waals surface area contributed by atoms with Crippen molar-refractivity contribution in [3.63, 3.8) is 0 Å². The van der Waals surface area contributed by atoms with Crippen molar-refractivity contribution in [2.45, 2.75) is 18.9 Å². The van der Waals surface area contributed by atoms with Crippen molar-refractivity contribution < 1.29 is 0 Å². The van der Waals surface area contributed by atoms with Gasteiger partial charge in [-0.2, -0.15) is 5.26 Å². The van der Waals surface area contributed by atoms with E-state index in [1.165, 1.54) is 0 Å². The number of hydrogen-bond acceptors (Lipinski definition) is 2. The SMILES string of the molecule is N#Cc1c(-c2ccccc2Cl)ccn(C2CC2)c1=O. The van der Waals surface area contributed by atoms with E-state index in [0.29, 0.717) is 10.6 Å². The lowest BCUT2D eigenvalue weighted by atomic mass is 10.0. The number of pyridine rings is 1. The smallest absolute Gasteiger partial charge is 0.269 e. The molecule has 19 heavy (non-hydrogen) atoms. The molecule has 0 unspecified atom stereocenters. The summed E-state index contributed by atoms with van der Waals surface area (Å²) < 4.78 is 1.65. The lowest BCUT2D eigenvalue weighted by Gasteiger charge is -2.09. The fourth-order valence-electron chi connectivity index (χ4n) is 2.20. The van der Waals surface area contributed by atoms with Crippen molar-refractivity contribution in [1.82, 2.24) is 4.57 Å². The van der Waals surface area contributed by atoms with Gasteiger partial charge in [-0.15, -0.1) is 0 Å². The van der Waals surface area contributed by atoms with Gasteiger partial charge in [-0.25, -0.2) is 0 Å². The quantitative estimate of drug-likeness (QED) is 0.840. The van der Waals surface area contributed by atoms with Crippen LogP contribution in [0.1, 0.15) is 24.4 Å². The zero-order valence-electron chi connectivity index (χ0n) is 10.1. The Morgan fingerprint density at radius 1 is 1.21 bits per heavy atom. The van der Waals surface area contributed by atoms with E-state index in [0.717, 1.165) is 18.4 Å². The molecule has 0 aliphatic heterocycles. The van der Waals surface area contributed by atoms with Crippen LogP contribution in [0, 0.1) is 11.3 Å². The van der Waals surface area contributed by atoms with Gasteiger partial charge in [0.15, 0.2) is 0 Å². The summed E-state index contributed by atoms with van der Waals surface area (Å²) in [5.41, 5.74) is 1.28. The number of halogens is 1. The summed E-state index contributed by atoms with van der Waals surface area (Å²) >= 11 is 6.14. The van der Waals surface area contributed by atoms with Crippen molar-refractivity contribution in [3.05, 3.63) is 57.5 Å². The van der Waals surface area contributed by atoms with Gasteiger partial charge in [-0.3, -0.25) is 4.79 Å². The van der Waals surface area contributed by atoms with Crippen molar-refractivity contribution in [1.29, 1.82) is 5.26 Å². The van der Waals surface area contributed by atoms with Crippen LogP contribution >= 0.6 is 11.6 Å². The van der Waals surface area contributed by atoms with Gasteiger partial charge < -0.3 is 4.57 Å². The van der Waals surface area contributed by atoms with Crippen LogP contribution in [0.5, 0.6) is 0 Å². The minimum atomic E-state index is -0.220. The van der Waals surface area contributed by atoms with Crippen LogP contribution < -0.4 is 5.56 Å². The molecule has 3 nitrogen and oxygen atoms in total. The van der Waals surface area contributed by atoms with Crippen molar-refractivity contribution in [2.24, 2.45) is 0 Å². The highest BCUT2D eigenvalue weighted by Crippen LogP contribution is 2.35. The van der Waals surface area contributed by atoms with Crippen LogP contribution in [-0.4, -0.2) is 4.57 Å². The van der Waals surface area contributed by atoms with E-state index in [2.05, 4.69) is 0 Å². The molecule has 3 rings (SSSR count). The Morgan fingerprint density at radius 2 is 1.95 bits per heavy atom. The molecule has 1 aromatic carbocycles. The normalized spacial score (nSPS) is 14.1. The van der Waals surface area contributed by atoms with Crippen LogP contribution in [0.4, 0.5) is 0 Å². The molecule has 0 spiro atoms. The molecular weight excluding hydrogens is 260 g/mol. The molecule has 1 fully saturated rings. The van der Waals surface area contributed by atoms with E-state index in [4.69, 9.17) is 11.6 Å². The molecule has 94 valence electrons. The van der Waals surface area contributed by atoms with Gasteiger partial charge in [0.2, 0.25) is 0 Å². The second kappa shape index (κ2) is 4.56. The lowest BCUT2D eigenvalue weighted by molar-refractivity contribution is 0.705. The van der Waals surface area contributed by atoms with E-state index in [1.54, 1.807) is 22.9 Å². The van der Waals surface area contributed by atoms with Gasteiger partial charge in [-0.1, -0.05) is 29.8 Å². The van der Waals surface area contributed by atoms with Gasteiger partial charge in [0, 0.05) is 28.4 Å². The minimum Gasteiger partial charge on any atom is -0.311 e. The predicted octanol–water partition coefficient (Wildman–Crippen LogP) is 3.38. The number of hydrogen-bond donors (Lipinski definition) is 0. The van der Waals surface area contributed by atoms with Crippen LogP contribution in [0.25, 0.3) is 11.1 Å². The zero-order valence-corrected chi connectivity index (χ0v) is 10.9. The van der Waals surface area contributed by atoms with Crippen LogP contribution in [0.2, 0.25) is 5.02 Å². The largest absolute Gasteiger partial charge is 0.311 e. The second-order valence-electron chi connectivity index (χ2n) is 4.64. The molecule has 0 bridgehead atoms. The molecule has 1 heterocycles. The topological polar surface area (TPSA) is 45.8 Å². The first kappa shape index (κ1) is 12.0. The van der Waals surface area contributed by atoms with Gasteiger partial charge >= 0.3 is 0 Å². The summed E-state index contributed by atoms with van der Waals surface area (Å²) in [5.74, 6) is 0. The molecule has 0 amide bonds. The van der Waals surface area contributed by atoms with Crippen LogP contribution in [-0.2, 0) is 0 Å². The van der Waals surface area contributed by atoms with Crippen LogP contribution in [0.15, 0.2) is 41.3 Å². The molecule has 0 atom stereocenters. The molecule has 1 aliphatic carbocycles. The average Bonchev–Trinajstić information content (AvgIpc) is 3.23. The molecule has 0 saturated heterocycles. The first-order valence-corrected chi connectivity index (χ1v) is 6.50. The molecule has 1 aromatic heterocycles. The number of benzene rings is 1. The zero-order chi connectivity index (χ0) is 13.4. The summed E-state index contributed by atoms with van der Waals surface area (Å²) in [6.07, 6.45) is 3.78. The van der Waals surface area contributed by atoms with E-state index >= 15 is 0 Å². The highest BCUT2D eigenvalue weighted by molar-refractivity contribution is 6.33. The third-order valence-corrected chi connectivity index (χ3v) is 3.67. The summed E-state index contributed by atoms with van der Waals surface area (Å²) in [4.78, 5) is 12.3. The Kier molecular flexibility index (Phi) is 2.88. The number of nitrogens with zero attached hydrogens (tertiary/aromatic N) is 2. The first-order chi connectivity index (χ1) is 9.22. The van der Waals surface area contributed by atoms with E-state index < -0.39 is 0 Å². The third kappa shape index (κ3) is 2.05. The fraction of sp³-hybridized carbons (Fsp3) is 0.200. The maximum atomic E-state index is 12.3. The number of rotatable bonds is 2. The first-order valence-electron chi connectivity index (χ1n) is 6.12. The van der Waals surface area contributed by atoms with E-state index in [9.17, 15) is 10.1 Å². The Morgan fingerprint density at radius 3 is 2.58 bits per heavy atom. The summed E-state index contributed by atoms with van der Waals surface area (Å²) in [5, 5.41) is 9.82. The molecule has 0 radical (unpaired) electrons. The Labute approximate surface area is 115 Å². The molecule has 0 N–H and O–H groups in total. The minimum absolute atomic E-state index is 0.169. The van der Waals surface area contributed by atoms with Crippen molar-refractivity contribution in [3.8, 4) is 17.2 Å². The maximum absolute atomic E-state index is 12.3. The van der Waals surface area contributed by atoms with Crippen molar-refractivity contribution >= 4 is 11.6 Å². The summed E-state index contributed by atoms with van der Waals surface area (Å²) in [7, 11) is 0. The molecule has 2 aromatic rings. The molecular formula is C15H11ClN2O. The Bertz CT molecular complexity index is 739. The second-order valence-corrected chi connectivity index (χ2v) is 5.05. The lowest BCUT2D eigenvalue weighted by Crippen LogP contribution is -2.21. The third-order valence-electron chi connectivity index (χ3n) is 3.34. The fourth-order valence-corrected chi connectivity index (χ4v) is 2.44. The monoisotopic (exact) mass is 270 g/mol. The number of nitriles is 1. The molecule has 1 aliphatic rings. The average molecular weight is 271 g/mol. The maximum Gasteiger partial charge on any atom is 0.269 e.